The normalized spacial score (nSPS) is 17.4. The van der Waals surface area contributed by atoms with E-state index in [1.54, 1.807) is 24.3 Å². The van der Waals surface area contributed by atoms with Crippen LogP contribution in [0.4, 0.5) is 0 Å². The Labute approximate surface area is 364 Å². The van der Waals surface area contributed by atoms with Crippen LogP contribution in [-0.2, 0) is 10.8 Å². The molecule has 0 aliphatic carbocycles. The molecule has 0 heterocycles. The molecule has 15 nitrogen and oxygen atoms in total. The molecule has 0 spiro atoms. The lowest BCUT2D eigenvalue weighted by Crippen LogP contribution is -2.52. The predicted molar refractivity (Wildman–Crippen MR) is 236 cm³/mol. The largest absolute Gasteiger partial charge is 0.394 e. The zero-order chi connectivity index (χ0) is 47.1. The van der Waals surface area contributed by atoms with E-state index in [0.717, 1.165) is 33.4 Å². The number of amides is 2. The monoisotopic (exact) mass is 868 g/mol. The van der Waals surface area contributed by atoms with Crippen LogP contribution in [0.2, 0.25) is 0 Å². The second kappa shape index (κ2) is 24.5. The van der Waals surface area contributed by atoms with Gasteiger partial charge in [-0.05, 0) is 79.3 Å². The van der Waals surface area contributed by atoms with E-state index >= 15 is 0 Å². The molecule has 62 heavy (non-hydrogen) atoms. The lowest BCUT2D eigenvalue weighted by Gasteiger charge is -2.29. The highest BCUT2D eigenvalue weighted by Gasteiger charge is 2.35. The molecule has 344 valence electrons. The molecular formula is C47H68N2O13. The van der Waals surface area contributed by atoms with Crippen molar-refractivity contribution in [2.75, 3.05) is 26.3 Å². The summed E-state index contributed by atoms with van der Waals surface area (Å²) in [7, 11) is 0. The zero-order valence-corrected chi connectivity index (χ0v) is 36.7. The molecule has 15 heteroatoms. The highest BCUT2D eigenvalue weighted by atomic mass is 16.4. The zero-order valence-electron chi connectivity index (χ0n) is 36.7. The fourth-order valence-corrected chi connectivity index (χ4v) is 6.59. The third-order valence-corrected chi connectivity index (χ3v) is 11.4. The van der Waals surface area contributed by atoms with E-state index in [2.05, 4.69) is 17.2 Å². The van der Waals surface area contributed by atoms with Crippen LogP contribution in [0.25, 0.3) is 0 Å². The molecular weight excluding hydrogens is 801 g/mol. The van der Waals surface area contributed by atoms with Gasteiger partial charge in [-0.3, -0.25) is 9.59 Å². The Bertz CT molecular complexity index is 1920. The van der Waals surface area contributed by atoms with E-state index in [1.807, 2.05) is 103 Å². The quantitative estimate of drug-likeness (QED) is 0.0652. The number of rotatable bonds is 24. The number of hydrogen-bond acceptors (Lipinski definition) is 13. The molecule has 0 fully saturated rings. The minimum absolute atomic E-state index is 0.0184. The first-order chi connectivity index (χ1) is 28.9. The van der Waals surface area contributed by atoms with Crippen molar-refractivity contribution in [3.05, 3.63) is 130 Å². The van der Waals surface area contributed by atoms with Crippen molar-refractivity contribution < 1.29 is 65.8 Å². The van der Waals surface area contributed by atoms with Gasteiger partial charge < -0.3 is 66.8 Å². The molecule has 0 radical (unpaired) electrons. The van der Waals surface area contributed by atoms with Gasteiger partial charge in [-0.15, -0.1) is 0 Å². The summed E-state index contributed by atoms with van der Waals surface area (Å²) >= 11 is 0. The van der Waals surface area contributed by atoms with Gasteiger partial charge in [-0.2, -0.15) is 0 Å². The molecule has 0 saturated heterocycles. The molecule has 0 aromatic heterocycles. The summed E-state index contributed by atoms with van der Waals surface area (Å²) in [5.74, 6) is -0.942. The lowest BCUT2D eigenvalue weighted by atomic mass is 9.75. The third-order valence-electron chi connectivity index (χ3n) is 11.4. The molecule has 2 aromatic carbocycles. The number of aliphatic hydroxyl groups excluding tert-OH is 11. The van der Waals surface area contributed by atoms with Crippen LogP contribution in [0.5, 0.6) is 0 Å². The first kappa shape index (κ1) is 53.8. The number of hydrogen-bond donors (Lipinski definition) is 13. The van der Waals surface area contributed by atoms with Gasteiger partial charge in [0.1, 0.15) is 42.7 Å². The highest BCUT2D eigenvalue weighted by molar-refractivity contribution is 5.95. The molecule has 9 atom stereocenters. The summed E-state index contributed by atoms with van der Waals surface area (Å²) in [5.41, 5.74) is 5.09. The van der Waals surface area contributed by atoms with Gasteiger partial charge in [0.25, 0.3) is 11.8 Å². The summed E-state index contributed by atoms with van der Waals surface area (Å²) in [4.78, 5) is 26.0. The van der Waals surface area contributed by atoms with Crippen LogP contribution in [0.15, 0.2) is 96.7 Å². The van der Waals surface area contributed by atoms with Crippen molar-refractivity contribution in [2.45, 2.75) is 121 Å². The van der Waals surface area contributed by atoms with Gasteiger partial charge in [-0.25, -0.2) is 0 Å². The average Bonchev–Trinajstić information content (AvgIpc) is 3.25. The predicted octanol–water partition coefficient (Wildman–Crippen LogP) is 0.812. The minimum atomic E-state index is -1.97. The number of nitrogens with one attached hydrogen (secondary N) is 2. The summed E-state index contributed by atoms with van der Waals surface area (Å²) < 4.78 is 0. The van der Waals surface area contributed by atoms with Gasteiger partial charge >= 0.3 is 0 Å². The second-order valence-corrected chi connectivity index (χ2v) is 16.7. The standard InChI is InChI=1S/C47H68N2O13/c1-27-16-18-31(44(61)48-21-20-35(52)39(56)41(58)37(54)25-50)22-33(27)46(5,6)29(3)14-12-10-9-11-13-15-30(4)47(7,8)34-23-32(19-17-28(34)2)45(62)49-24-36(53)40(57)43(60)42(59)38(55)26-51/h9-19,22-23,35-43,50-60H,3,20-21,24-26H2,1-2,4-8H3,(H,48,61)(H,49,62)/b10-9+,13-11+,14-12+,30-15-. The molecule has 9 unspecified atom stereocenters. The van der Waals surface area contributed by atoms with E-state index in [9.17, 15) is 55.5 Å². The van der Waals surface area contributed by atoms with E-state index in [-0.39, 0.29) is 13.0 Å². The Morgan fingerprint density at radius 2 is 1.05 bits per heavy atom. The van der Waals surface area contributed by atoms with Crippen LogP contribution in [0.3, 0.4) is 0 Å². The molecule has 2 aromatic rings. The van der Waals surface area contributed by atoms with Crippen molar-refractivity contribution in [2.24, 2.45) is 0 Å². The van der Waals surface area contributed by atoms with Gasteiger partial charge in [0, 0.05) is 35.0 Å². The third kappa shape index (κ3) is 14.6. The molecule has 0 aliphatic heterocycles. The van der Waals surface area contributed by atoms with Gasteiger partial charge in [0.15, 0.2) is 0 Å². The van der Waals surface area contributed by atoms with Crippen LogP contribution >= 0.6 is 0 Å². The molecule has 0 bridgehead atoms. The smallest absolute Gasteiger partial charge is 0.251 e. The van der Waals surface area contributed by atoms with E-state index in [4.69, 9.17) is 10.2 Å². The van der Waals surface area contributed by atoms with Gasteiger partial charge in [0.2, 0.25) is 0 Å². The molecule has 0 aliphatic rings. The Kier molecular flexibility index (Phi) is 21.2. The van der Waals surface area contributed by atoms with Crippen LogP contribution in [0, 0.1) is 13.8 Å². The van der Waals surface area contributed by atoms with Crippen LogP contribution < -0.4 is 10.6 Å². The van der Waals surface area contributed by atoms with E-state index in [1.165, 1.54) is 0 Å². The minimum Gasteiger partial charge on any atom is -0.394 e. The first-order valence-electron chi connectivity index (χ1n) is 20.4. The van der Waals surface area contributed by atoms with Crippen molar-refractivity contribution in [3.63, 3.8) is 0 Å². The molecule has 2 amide bonds. The van der Waals surface area contributed by atoms with Crippen molar-refractivity contribution in [3.8, 4) is 0 Å². The highest BCUT2D eigenvalue weighted by Crippen LogP contribution is 2.35. The average molecular weight is 869 g/mol. The maximum Gasteiger partial charge on any atom is 0.251 e. The van der Waals surface area contributed by atoms with Gasteiger partial charge in [0.05, 0.1) is 25.4 Å². The van der Waals surface area contributed by atoms with Crippen molar-refractivity contribution >= 4 is 11.8 Å². The van der Waals surface area contributed by atoms with E-state index < -0.39 is 97.3 Å². The molecule has 13 N–H and O–H groups in total. The number of benzene rings is 2. The fraction of sp³-hybridized carbons (Fsp3) is 0.489. The Morgan fingerprint density at radius 3 is 1.58 bits per heavy atom. The first-order valence-corrected chi connectivity index (χ1v) is 20.4. The maximum atomic E-state index is 13.0. The SMILES string of the molecule is C=C(/C=C/C=C/C=C/C=C(/C)C(C)(C)c1cc(C(=O)NCC(O)C(O)C(O)C(O)C(O)CO)ccc1C)C(C)(C)c1cc(C(=O)NCCC(O)C(O)C(O)C(O)CO)ccc1C. The number of carbonyl (C=O) groups excluding carboxylic acids is 2. The Morgan fingerprint density at radius 1 is 0.613 bits per heavy atom. The number of aryl methyl sites for hydroxylation is 2. The number of allylic oxidation sites excluding steroid dienone is 9. The summed E-state index contributed by atoms with van der Waals surface area (Å²) in [6, 6.07) is 10.5. The number of aliphatic hydroxyl groups is 11. The topological polar surface area (TPSA) is 281 Å². The summed E-state index contributed by atoms with van der Waals surface area (Å²) in [6.45, 7) is 16.1. The fourth-order valence-electron chi connectivity index (χ4n) is 6.59. The Balaban J connectivity index is 2.05. The molecule has 2 rings (SSSR count). The van der Waals surface area contributed by atoms with Crippen LogP contribution in [-0.4, -0.2) is 149 Å². The van der Waals surface area contributed by atoms with Gasteiger partial charge in [-0.1, -0.05) is 94.5 Å². The maximum absolute atomic E-state index is 13.0. The van der Waals surface area contributed by atoms with E-state index in [0.29, 0.717) is 11.1 Å². The summed E-state index contributed by atoms with van der Waals surface area (Å²) in [6.07, 6.45) is -2.59. The van der Waals surface area contributed by atoms with Crippen molar-refractivity contribution in [1.29, 1.82) is 0 Å². The summed E-state index contributed by atoms with van der Waals surface area (Å²) in [5, 5.41) is 113. The Hall–Kier alpha value is -4.36. The molecule has 0 saturated carbocycles. The number of carbonyl (C=O) groups is 2. The van der Waals surface area contributed by atoms with Crippen LogP contribution in [0.1, 0.15) is 84.0 Å². The lowest BCUT2D eigenvalue weighted by molar-refractivity contribution is -0.139. The second-order valence-electron chi connectivity index (χ2n) is 16.7. The van der Waals surface area contributed by atoms with Crippen molar-refractivity contribution in [1.82, 2.24) is 10.6 Å².